The van der Waals surface area contributed by atoms with E-state index < -0.39 is 5.97 Å². The predicted molar refractivity (Wildman–Crippen MR) is 90.5 cm³/mol. The maximum atomic E-state index is 11.8. The third-order valence-corrected chi connectivity index (χ3v) is 4.23. The van der Waals surface area contributed by atoms with E-state index in [2.05, 4.69) is 32.9 Å². The number of ether oxygens (including phenoxy) is 1. The lowest BCUT2D eigenvalue weighted by Gasteiger charge is -2.02. The largest absolute Gasteiger partial charge is 0.461 e. The number of nitrogens with zero attached hydrogens (tertiary/aromatic N) is 1. The third kappa shape index (κ3) is 4.01. The molecule has 2 aromatic rings. The van der Waals surface area contributed by atoms with Crippen molar-refractivity contribution in [2.75, 3.05) is 11.9 Å². The van der Waals surface area contributed by atoms with Gasteiger partial charge in [-0.1, -0.05) is 17.4 Å². The van der Waals surface area contributed by atoms with Crippen molar-refractivity contribution < 1.29 is 14.3 Å². The Bertz CT molecular complexity index is 685. The molecule has 0 aliphatic carbocycles. The lowest BCUT2D eigenvalue weighted by molar-refractivity contribution is 0.0517. The normalized spacial score (nSPS) is 10.2. The fourth-order valence-electron chi connectivity index (χ4n) is 1.64. The second-order valence-electron chi connectivity index (χ2n) is 4.11. The zero-order valence-electron chi connectivity index (χ0n) is 11.5. The van der Waals surface area contributed by atoms with Crippen LogP contribution in [0.3, 0.4) is 0 Å². The predicted octanol–water partition coefficient (Wildman–Crippen LogP) is 3.87. The zero-order valence-corrected chi connectivity index (χ0v) is 14.4. The molecule has 0 unspecified atom stereocenters. The van der Waals surface area contributed by atoms with Crippen LogP contribution in [0.5, 0.6) is 0 Å². The second-order valence-corrected chi connectivity index (χ2v) is 6.35. The van der Waals surface area contributed by atoms with Crippen molar-refractivity contribution in [1.29, 1.82) is 0 Å². The van der Waals surface area contributed by atoms with Gasteiger partial charge in [0, 0.05) is 16.2 Å². The van der Waals surface area contributed by atoms with Crippen molar-refractivity contribution in [3.63, 3.8) is 0 Å². The van der Waals surface area contributed by atoms with Gasteiger partial charge in [-0.15, -0.1) is 0 Å². The maximum absolute atomic E-state index is 11.8. The van der Waals surface area contributed by atoms with Gasteiger partial charge in [-0.25, -0.2) is 9.78 Å². The Kier molecular flexibility index (Phi) is 5.29. The molecular weight excluding hydrogens is 403 g/mol. The average Bonchev–Trinajstić information content (AvgIpc) is 2.83. The van der Waals surface area contributed by atoms with Crippen molar-refractivity contribution in [2.45, 2.75) is 13.8 Å². The molecule has 0 fully saturated rings. The Balaban J connectivity index is 2.31. The van der Waals surface area contributed by atoms with Gasteiger partial charge in [-0.3, -0.25) is 4.79 Å². The molecule has 0 atom stereocenters. The van der Waals surface area contributed by atoms with Gasteiger partial charge in [0.15, 0.2) is 16.6 Å². The number of rotatable bonds is 5. The Labute approximate surface area is 139 Å². The quantitative estimate of drug-likeness (QED) is 0.456. The van der Waals surface area contributed by atoms with Gasteiger partial charge in [0.2, 0.25) is 0 Å². The Hall–Kier alpha value is -1.48. The highest BCUT2D eigenvalue weighted by molar-refractivity contribution is 14.1. The number of benzene rings is 1. The minimum absolute atomic E-state index is 0.0717. The molecule has 0 aliphatic heterocycles. The number of anilines is 2. The van der Waals surface area contributed by atoms with Crippen LogP contribution in [0, 0.1) is 3.57 Å². The number of thiazole rings is 1. The first kappa shape index (κ1) is 15.9. The minimum atomic E-state index is -0.574. The van der Waals surface area contributed by atoms with Gasteiger partial charge < -0.3 is 10.1 Å². The molecule has 0 bridgehead atoms. The van der Waals surface area contributed by atoms with Gasteiger partial charge in [0.25, 0.3) is 0 Å². The molecular formula is C14H13IN2O3S. The summed E-state index contributed by atoms with van der Waals surface area (Å²) in [5.74, 6) is -0.777. The third-order valence-electron chi connectivity index (χ3n) is 2.49. The molecule has 1 N–H and O–H groups in total. The van der Waals surface area contributed by atoms with Crippen LogP contribution in [0.4, 0.5) is 10.8 Å². The second kappa shape index (κ2) is 6.99. The summed E-state index contributed by atoms with van der Waals surface area (Å²) in [7, 11) is 0. The number of hydrogen-bond donors (Lipinski definition) is 1. The number of carbonyl (C=O) groups excluding carboxylic acids is 2. The SMILES string of the molecule is CCOC(=O)c1nc(Nc2cccc(I)c2)sc1C(C)=O. The minimum Gasteiger partial charge on any atom is -0.461 e. The summed E-state index contributed by atoms with van der Waals surface area (Å²) in [5, 5.41) is 3.59. The van der Waals surface area contributed by atoms with E-state index in [1.54, 1.807) is 6.92 Å². The molecule has 5 nitrogen and oxygen atoms in total. The van der Waals surface area contributed by atoms with Gasteiger partial charge in [0.1, 0.15) is 4.88 Å². The molecule has 0 saturated carbocycles. The number of carbonyl (C=O) groups is 2. The summed E-state index contributed by atoms with van der Waals surface area (Å²) in [6.45, 7) is 3.36. The summed E-state index contributed by atoms with van der Waals surface area (Å²) in [5.41, 5.74) is 0.920. The van der Waals surface area contributed by atoms with E-state index in [0.29, 0.717) is 10.0 Å². The summed E-state index contributed by atoms with van der Waals surface area (Å²) < 4.78 is 6.00. The van der Waals surface area contributed by atoms with E-state index in [4.69, 9.17) is 4.74 Å². The van der Waals surface area contributed by atoms with Gasteiger partial charge in [-0.2, -0.15) is 0 Å². The smallest absolute Gasteiger partial charge is 0.358 e. The maximum Gasteiger partial charge on any atom is 0.358 e. The van der Waals surface area contributed by atoms with E-state index in [0.717, 1.165) is 20.6 Å². The van der Waals surface area contributed by atoms with Crippen molar-refractivity contribution in [3.8, 4) is 0 Å². The highest BCUT2D eigenvalue weighted by atomic mass is 127. The summed E-state index contributed by atoms with van der Waals surface area (Å²) >= 11 is 3.35. The molecule has 0 radical (unpaired) electrons. The summed E-state index contributed by atoms with van der Waals surface area (Å²) in [6, 6.07) is 7.72. The molecule has 21 heavy (non-hydrogen) atoms. The van der Waals surface area contributed by atoms with Crippen LogP contribution >= 0.6 is 33.9 Å². The van der Waals surface area contributed by atoms with Crippen LogP contribution in [0.25, 0.3) is 0 Å². The van der Waals surface area contributed by atoms with Gasteiger partial charge >= 0.3 is 5.97 Å². The van der Waals surface area contributed by atoms with E-state index in [1.807, 2.05) is 24.3 Å². The lowest BCUT2D eigenvalue weighted by Crippen LogP contribution is -2.09. The Morgan fingerprint density at radius 1 is 1.43 bits per heavy atom. The lowest BCUT2D eigenvalue weighted by atomic mass is 10.3. The highest BCUT2D eigenvalue weighted by Crippen LogP contribution is 2.27. The van der Waals surface area contributed by atoms with Gasteiger partial charge in [0.05, 0.1) is 6.61 Å². The fourth-order valence-corrected chi connectivity index (χ4v) is 3.05. The van der Waals surface area contributed by atoms with Crippen molar-refractivity contribution in [1.82, 2.24) is 4.98 Å². The Morgan fingerprint density at radius 2 is 2.19 bits per heavy atom. The van der Waals surface area contributed by atoms with E-state index in [-0.39, 0.29) is 18.1 Å². The van der Waals surface area contributed by atoms with Crippen LogP contribution < -0.4 is 5.32 Å². The highest BCUT2D eigenvalue weighted by Gasteiger charge is 2.22. The van der Waals surface area contributed by atoms with E-state index in [1.165, 1.54) is 6.92 Å². The summed E-state index contributed by atoms with van der Waals surface area (Å²) in [4.78, 5) is 28.0. The molecule has 0 aliphatic rings. The van der Waals surface area contributed by atoms with Gasteiger partial charge in [-0.05, 0) is 47.7 Å². The van der Waals surface area contributed by atoms with E-state index >= 15 is 0 Å². The van der Waals surface area contributed by atoms with Crippen molar-refractivity contribution in [3.05, 3.63) is 38.4 Å². The molecule has 110 valence electrons. The zero-order chi connectivity index (χ0) is 15.4. The van der Waals surface area contributed by atoms with Crippen LogP contribution in [0.1, 0.15) is 34.0 Å². The average molecular weight is 416 g/mol. The number of aromatic nitrogens is 1. The number of ketones is 1. The molecule has 1 aromatic carbocycles. The molecule has 7 heteroatoms. The number of Topliss-reactive ketones (excluding diaryl/α,β-unsaturated/α-hetero) is 1. The van der Waals surface area contributed by atoms with Crippen LogP contribution in [-0.2, 0) is 4.74 Å². The first-order valence-electron chi connectivity index (χ1n) is 6.22. The Morgan fingerprint density at radius 3 is 2.81 bits per heavy atom. The van der Waals surface area contributed by atoms with Crippen LogP contribution in [0.15, 0.2) is 24.3 Å². The molecule has 1 aromatic heterocycles. The topological polar surface area (TPSA) is 68.3 Å². The molecule has 0 spiro atoms. The number of halogens is 1. The molecule has 2 rings (SSSR count). The summed E-state index contributed by atoms with van der Waals surface area (Å²) in [6.07, 6.45) is 0. The molecule has 1 heterocycles. The number of nitrogens with one attached hydrogen (secondary N) is 1. The first-order chi connectivity index (χ1) is 10.0. The van der Waals surface area contributed by atoms with Crippen LogP contribution in [0.2, 0.25) is 0 Å². The first-order valence-corrected chi connectivity index (χ1v) is 8.12. The molecule has 0 saturated heterocycles. The van der Waals surface area contributed by atoms with Crippen molar-refractivity contribution >= 4 is 56.5 Å². The number of esters is 1. The van der Waals surface area contributed by atoms with E-state index in [9.17, 15) is 9.59 Å². The monoisotopic (exact) mass is 416 g/mol. The van der Waals surface area contributed by atoms with Crippen LogP contribution in [-0.4, -0.2) is 23.3 Å². The standard InChI is InChI=1S/C14H13IN2O3S/c1-3-20-13(19)11-12(8(2)18)21-14(17-11)16-10-6-4-5-9(15)7-10/h4-7H,3H2,1-2H3,(H,16,17). The fraction of sp³-hybridized carbons (Fsp3) is 0.214. The molecule has 0 amide bonds. The number of hydrogen-bond acceptors (Lipinski definition) is 6. The van der Waals surface area contributed by atoms with Crippen molar-refractivity contribution in [2.24, 2.45) is 0 Å².